The SMILES string of the molecule is O=C(O)COCc1nnc(-c2cc(F)c(F)c(F)c2)o1. The van der Waals surface area contributed by atoms with Gasteiger partial charge in [0.1, 0.15) is 13.2 Å². The zero-order valence-corrected chi connectivity index (χ0v) is 9.77. The van der Waals surface area contributed by atoms with Gasteiger partial charge in [-0.2, -0.15) is 0 Å². The van der Waals surface area contributed by atoms with Gasteiger partial charge in [0.15, 0.2) is 17.5 Å². The minimum atomic E-state index is -1.60. The standard InChI is InChI=1S/C11H7F3N2O4/c12-6-1-5(2-7(13)10(6)14)11-16-15-8(20-11)3-19-4-9(17)18/h1-2H,3-4H2,(H,17,18). The number of benzene rings is 1. The number of carbonyl (C=O) groups is 1. The Kier molecular flexibility index (Phi) is 3.99. The lowest BCUT2D eigenvalue weighted by molar-refractivity contribution is -0.142. The third-order valence-electron chi connectivity index (χ3n) is 2.15. The van der Waals surface area contributed by atoms with Crippen LogP contribution in [-0.2, 0) is 16.1 Å². The van der Waals surface area contributed by atoms with E-state index in [-0.39, 0.29) is 24.0 Å². The highest BCUT2D eigenvalue weighted by Crippen LogP contribution is 2.22. The second-order valence-corrected chi connectivity index (χ2v) is 3.64. The minimum Gasteiger partial charge on any atom is -0.480 e. The molecule has 0 unspecified atom stereocenters. The number of nitrogens with zero attached hydrogens (tertiary/aromatic N) is 2. The maximum Gasteiger partial charge on any atom is 0.329 e. The van der Waals surface area contributed by atoms with E-state index in [1.807, 2.05) is 0 Å². The average Bonchev–Trinajstić information content (AvgIpc) is 2.83. The number of aromatic nitrogens is 2. The van der Waals surface area contributed by atoms with Crippen LogP contribution in [0.3, 0.4) is 0 Å². The Morgan fingerprint density at radius 1 is 1.25 bits per heavy atom. The molecular weight excluding hydrogens is 281 g/mol. The van der Waals surface area contributed by atoms with Crippen LogP contribution in [0.1, 0.15) is 5.89 Å². The van der Waals surface area contributed by atoms with Gasteiger partial charge in [0.25, 0.3) is 0 Å². The zero-order chi connectivity index (χ0) is 14.7. The van der Waals surface area contributed by atoms with Gasteiger partial charge in [-0.3, -0.25) is 0 Å². The van der Waals surface area contributed by atoms with Gasteiger partial charge in [-0.15, -0.1) is 10.2 Å². The van der Waals surface area contributed by atoms with Crippen LogP contribution in [0.5, 0.6) is 0 Å². The minimum absolute atomic E-state index is 0.0774. The van der Waals surface area contributed by atoms with Crippen LogP contribution in [-0.4, -0.2) is 27.9 Å². The predicted octanol–water partition coefficient (Wildman–Crippen LogP) is 1.76. The monoisotopic (exact) mass is 288 g/mol. The van der Waals surface area contributed by atoms with Crippen LogP contribution >= 0.6 is 0 Å². The molecule has 0 aliphatic carbocycles. The van der Waals surface area contributed by atoms with Crippen molar-refractivity contribution in [3.05, 3.63) is 35.5 Å². The Morgan fingerprint density at radius 2 is 1.90 bits per heavy atom. The first-order chi connectivity index (χ1) is 9.47. The second kappa shape index (κ2) is 5.70. The van der Waals surface area contributed by atoms with E-state index in [1.54, 1.807) is 0 Å². The van der Waals surface area contributed by atoms with Crippen LogP contribution < -0.4 is 0 Å². The van der Waals surface area contributed by atoms with E-state index < -0.39 is 30.0 Å². The quantitative estimate of drug-likeness (QED) is 0.844. The molecule has 0 aliphatic heterocycles. The van der Waals surface area contributed by atoms with Gasteiger partial charge in [-0.25, -0.2) is 18.0 Å². The zero-order valence-electron chi connectivity index (χ0n) is 9.77. The molecule has 0 radical (unpaired) electrons. The Bertz CT molecular complexity index is 621. The van der Waals surface area contributed by atoms with Gasteiger partial charge in [0.2, 0.25) is 11.8 Å². The van der Waals surface area contributed by atoms with E-state index in [0.29, 0.717) is 12.1 Å². The number of rotatable bonds is 5. The molecule has 9 heteroatoms. The summed E-state index contributed by atoms with van der Waals surface area (Å²) >= 11 is 0. The lowest BCUT2D eigenvalue weighted by Crippen LogP contribution is -2.06. The van der Waals surface area contributed by atoms with Gasteiger partial charge in [0, 0.05) is 5.56 Å². The molecule has 1 aromatic carbocycles. The summed E-state index contributed by atoms with van der Waals surface area (Å²) in [5.41, 5.74) is -0.140. The molecule has 0 amide bonds. The first-order valence-corrected chi connectivity index (χ1v) is 5.24. The van der Waals surface area contributed by atoms with Crippen molar-refractivity contribution < 1.29 is 32.2 Å². The summed E-state index contributed by atoms with van der Waals surface area (Å²) < 4.78 is 48.5. The van der Waals surface area contributed by atoms with Crippen LogP contribution in [0, 0.1) is 17.5 Å². The summed E-state index contributed by atoms with van der Waals surface area (Å²) in [7, 11) is 0. The smallest absolute Gasteiger partial charge is 0.329 e. The number of aliphatic carboxylic acids is 1. The summed E-state index contributed by atoms with van der Waals surface area (Å²) in [6.07, 6.45) is 0. The highest BCUT2D eigenvalue weighted by molar-refractivity contribution is 5.67. The van der Waals surface area contributed by atoms with Gasteiger partial charge in [0.05, 0.1) is 0 Å². The largest absolute Gasteiger partial charge is 0.480 e. The van der Waals surface area contributed by atoms with E-state index in [4.69, 9.17) is 14.3 Å². The molecule has 106 valence electrons. The maximum absolute atomic E-state index is 13.0. The molecule has 0 saturated heterocycles. The third kappa shape index (κ3) is 3.12. The van der Waals surface area contributed by atoms with Crippen molar-refractivity contribution >= 4 is 5.97 Å². The number of halogens is 3. The first kappa shape index (κ1) is 14.0. The summed E-state index contributed by atoms with van der Waals surface area (Å²) in [4.78, 5) is 10.2. The third-order valence-corrected chi connectivity index (χ3v) is 2.15. The van der Waals surface area contributed by atoms with Crippen LogP contribution in [0.2, 0.25) is 0 Å². The molecule has 1 heterocycles. The molecule has 0 atom stereocenters. The molecule has 0 aliphatic rings. The number of carboxylic acids is 1. The molecule has 2 aromatic rings. The summed E-state index contributed by atoms with van der Waals surface area (Å²) in [6, 6.07) is 1.40. The molecule has 0 bridgehead atoms. The van der Waals surface area contributed by atoms with E-state index in [0.717, 1.165) is 0 Å². The van der Waals surface area contributed by atoms with Crippen molar-refractivity contribution in [2.24, 2.45) is 0 Å². The summed E-state index contributed by atoms with van der Waals surface area (Å²) in [6.45, 7) is -0.830. The number of hydrogen-bond donors (Lipinski definition) is 1. The fraction of sp³-hybridized carbons (Fsp3) is 0.182. The van der Waals surface area contributed by atoms with Crippen molar-refractivity contribution in [3.63, 3.8) is 0 Å². The number of ether oxygens (including phenoxy) is 1. The van der Waals surface area contributed by atoms with Crippen LogP contribution in [0.25, 0.3) is 11.5 Å². The molecule has 0 spiro atoms. The van der Waals surface area contributed by atoms with E-state index >= 15 is 0 Å². The molecule has 1 aromatic heterocycles. The number of hydrogen-bond acceptors (Lipinski definition) is 5. The lowest BCUT2D eigenvalue weighted by atomic mass is 10.2. The first-order valence-electron chi connectivity index (χ1n) is 5.24. The molecule has 0 saturated carbocycles. The molecule has 20 heavy (non-hydrogen) atoms. The van der Waals surface area contributed by atoms with E-state index in [9.17, 15) is 18.0 Å². The van der Waals surface area contributed by atoms with Crippen molar-refractivity contribution in [2.75, 3.05) is 6.61 Å². The van der Waals surface area contributed by atoms with Crippen LogP contribution in [0.4, 0.5) is 13.2 Å². The maximum atomic E-state index is 13.0. The fourth-order valence-electron chi connectivity index (χ4n) is 1.33. The highest BCUT2D eigenvalue weighted by Gasteiger charge is 2.15. The van der Waals surface area contributed by atoms with Crippen molar-refractivity contribution in [1.82, 2.24) is 10.2 Å². The second-order valence-electron chi connectivity index (χ2n) is 3.64. The summed E-state index contributed by atoms with van der Waals surface area (Å²) in [5.74, 6) is -5.86. The van der Waals surface area contributed by atoms with E-state index in [2.05, 4.69) is 10.2 Å². The predicted molar refractivity (Wildman–Crippen MR) is 56.9 cm³/mol. The lowest BCUT2D eigenvalue weighted by Gasteiger charge is -1.98. The Balaban J connectivity index is 2.14. The molecule has 6 nitrogen and oxygen atoms in total. The van der Waals surface area contributed by atoms with Gasteiger partial charge in [-0.1, -0.05) is 0 Å². The highest BCUT2D eigenvalue weighted by atomic mass is 19.2. The Morgan fingerprint density at radius 3 is 2.50 bits per heavy atom. The number of carboxylic acid groups (broad SMARTS) is 1. The average molecular weight is 288 g/mol. The molecule has 0 fully saturated rings. The Labute approximate surface area is 109 Å². The van der Waals surface area contributed by atoms with Crippen molar-refractivity contribution in [1.29, 1.82) is 0 Å². The van der Waals surface area contributed by atoms with Crippen molar-refractivity contribution in [2.45, 2.75) is 6.61 Å². The fourth-order valence-corrected chi connectivity index (χ4v) is 1.33. The van der Waals surface area contributed by atoms with Crippen molar-refractivity contribution in [3.8, 4) is 11.5 Å². The normalized spacial score (nSPS) is 10.8. The van der Waals surface area contributed by atoms with Gasteiger partial charge in [-0.05, 0) is 12.1 Å². The van der Waals surface area contributed by atoms with Gasteiger partial charge < -0.3 is 14.3 Å². The molecule has 1 N–H and O–H groups in total. The van der Waals surface area contributed by atoms with Gasteiger partial charge >= 0.3 is 5.97 Å². The Hall–Kier alpha value is -2.42. The van der Waals surface area contributed by atoms with E-state index in [1.165, 1.54) is 0 Å². The topological polar surface area (TPSA) is 85.5 Å². The summed E-state index contributed by atoms with van der Waals surface area (Å²) in [5, 5.41) is 15.3. The molecule has 2 rings (SSSR count). The molecular formula is C11H7F3N2O4. The van der Waals surface area contributed by atoms with Crippen LogP contribution in [0.15, 0.2) is 16.5 Å².